The normalized spacial score (nSPS) is 14.6. The maximum Gasteiger partial charge on any atom is 0.240 e. The van der Waals surface area contributed by atoms with Crippen LogP contribution in [0.15, 0.2) is 88.6 Å². The number of para-hydroxylation sites is 1. The van der Waals surface area contributed by atoms with E-state index in [-0.39, 0.29) is 5.91 Å². The van der Waals surface area contributed by atoms with Gasteiger partial charge in [0.25, 0.3) is 0 Å². The molecule has 1 fully saturated rings. The number of likely N-dealkylation sites (tertiary alicyclic amines) is 1. The van der Waals surface area contributed by atoms with Crippen LogP contribution in [0.4, 0.5) is 0 Å². The molecule has 0 N–H and O–H groups in total. The SMILES string of the molecule is O=C([C@H](Sc1nnc(-c2ccco2)n1-c1ccccc1)c1ccccc1)N1CCCC1. The van der Waals surface area contributed by atoms with Gasteiger partial charge in [0.05, 0.1) is 6.26 Å². The minimum Gasteiger partial charge on any atom is -0.461 e. The van der Waals surface area contributed by atoms with Gasteiger partial charge in [0, 0.05) is 18.8 Å². The smallest absolute Gasteiger partial charge is 0.240 e. The lowest BCUT2D eigenvalue weighted by atomic mass is 10.1. The molecule has 2 aromatic carbocycles. The summed E-state index contributed by atoms with van der Waals surface area (Å²) in [7, 11) is 0. The van der Waals surface area contributed by atoms with Gasteiger partial charge in [-0.3, -0.25) is 9.36 Å². The highest BCUT2D eigenvalue weighted by Gasteiger charge is 2.31. The summed E-state index contributed by atoms with van der Waals surface area (Å²) >= 11 is 1.43. The Morgan fingerprint density at radius 3 is 2.29 bits per heavy atom. The second-order valence-corrected chi connectivity index (χ2v) is 8.47. The Labute approximate surface area is 184 Å². The Morgan fingerprint density at radius 2 is 1.61 bits per heavy atom. The first-order chi connectivity index (χ1) is 15.3. The molecule has 2 aromatic heterocycles. The zero-order valence-electron chi connectivity index (χ0n) is 16.9. The molecule has 1 aliphatic heterocycles. The average Bonchev–Trinajstić information content (AvgIpc) is 3.60. The standard InChI is InChI=1S/C24H22N4O2S/c29-23(27-15-7-8-16-27)21(18-10-3-1-4-11-18)31-24-26-25-22(20-14-9-17-30-20)28(24)19-12-5-2-6-13-19/h1-6,9-14,17,21H,7-8,15-16H2/t21-/m1/s1. The van der Waals surface area contributed by atoms with E-state index in [1.807, 2.05) is 82.3 Å². The van der Waals surface area contributed by atoms with Crippen molar-refractivity contribution in [3.05, 3.63) is 84.6 Å². The molecule has 0 spiro atoms. The number of thioether (sulfide) groups is 1. The number of benzene rings is 2. The van der Waals surface area contributed by atoms with E-state index in [9.17, 15) is 4.79 Å². The molecule has 0 radical (unpaired) electrons. The number of hydrogen-bond donors (Lipinski definition) is 0. The maximum absolute atomic E-state index is 13.5. The molecule has 6 nitrogen and oxygen atoms in total. The number of carbonyl (C=O) groups excluding carboxylic acids is 1. The van der Waals surface area contributed by atoms with E-state index in [0.29, 0.717) is 16.7 Å². The first-order valence-electron chi connectivity index (χ1n) is 10.4. The fourth-order valence-electron chi connectivity index (χ4n) is 3.82. The van der Waals surface area contributed by atoms with Gasteiger partial charge in [-0.15, -0.1) is 10.2 Å². The molecular weight excluding hydrogens is 408 g/mol. The first-order valence-corrected chi connectivity index (χ1v) is 11.2. The van der Waals surface area contributed by atoms with Crippen molar-refractivity contribution in [3.63, 3.8) is 0 Å². The van der Waals surface area contributed by atoms with Gasteiger partial charge in [-0.2, -0.15) is 0 Å². The number of hydrogen-bond acceptors (Lipinski definition) is 5. The third-order valence-corrected chi connectivity index (χ3v) is 6.54. The predicted molar refractivity (Wildman–Crippen MR) is 120 cm³/mol. The fourth-order valence-corrected chi connectivity index (χ4v) is 4.96. The predicted octanol–water partition coefficient (Wildman–Crippen LogP) is 4.98. The molecule has 1 saturated heterocycles. The monoisotopic (exact) mass is 430 g/mol. The van der Waals surface area contributed by atoms with Crippen LogP contribution in [0.3, 0.4) is 0 Å². The Balaban J connectivity index is 1.57. The van der Waals surface area contributed by atoms with E-state index >= 15 is 0 Å². The van der Waals surface area contributed by atoms with Crippen LogP contribution in [-0.2, 0) is 4.79 Å². The van der Waals surface area contributed by atoms with Crippen LogP contribution >= 0.6 is 11.8 Å². The van der Waals surface area contributed by atoms with Crippen LogP contribution in [0.5, 0.6) is 0 Å². The molecule has 0 unspecified atom stereocenters. The Bertz CT molecular complexity index is 1140. The number of nitrogens with zero attached hydrogens (tertiary/aromatic N) is 4. The summed E-state index contributed by atoms with van der Waals surface area (Å²) in [6.07, 6.45) is 3.73. The second kappa shape index (κ2) is 8.81. The molecule has 156 valence electrons. The molecule has 1 aliphatic rings. The molecule has 4 aromatic rings. The van der Waals surface area contributed by atoms with Gasteiger partial charge in [-0.05, 0) is 42.7 Å². The van der Waals surface area contributed by atoms with Crippen LogP contribution in [-0.4, -0.2) is 38.7 Å². The largest absolute Gasteiger partial charge is 0.461 e. The average molecular weight is 431 g/mol. The third kappa shape index (κ3) is 4.01. The molecule has 0 bridgehead atoms. The number of aromatic nitrogens is 3. The Hall–Kier alpha value is -3.32. The van der Waals surface area contributed by atoms with E-state index in [4.69, 9.17) is 4.42 Å². The van der Waals surface area contributed by atoms with E-state index < -0.39 is 5.25 Å². The molecule has 7 heteroatoms. The number of furan rings is 1. The van der Waals surface area contributed by atoms with Gasteiger partial charge in [0.2, 0.25) is 11.7 Å². The van der Waals surface area contributed by atoms with Crippen LogP contribution < -0.4 is 0 Å². The molecule has 1 amide bonds. The lowest BCUT2D eigenvalue weighted by Gasteiger charge is -2.23. The first kappa shape index (κ1) is 19.6. The van der Waals surface area contributed by atoms with Crippen LogP contribution in [0.25, 0.3) is 17.3 Å². The van der Waals surface area contributed by atoms with Gasteiger partial charge < -0.3 is 9.32 Å². The molecular formula is C24H22N4O2S. The van der Waals surface area contributed by atoms with E-state index in [1.54, 1.807) is 6.26 Å². The Morgan fingerprint density at radius 1 is 0.903 bits per heavy atom. The lowest BCUT2D eigenvalue weighted by molar-refractivity contribution is -0.129. The third-order valence-electron chi connectivity index (χ3n) is 5.36. The molecule has 3 heterocycles. The Kier molecular flexibility index (Phi) is 5.58. The van der Waals surface area contributed by atoms with Crippen molar-refractivity contribution in [2.24, 2.45) is 0 Å². The van der Waals surface area contributed by atoms with Crippen molar-refractivity contribution >= 4 is 17.7 Å². The summed E-state index contributed by atoms with van der Waals surface area (Å²) in [6.45, 7) is 1.62. The van der Waals surface area contributed by atoms with Crippen molar-refractivity contribution < 1.29 is 9.21 Å². The zero-order valence-corrected chi connectivity index (χ0v) is 17.7. The van der Waals surface area contributed by atoms with Gasteiger partial charge in [0.1, 0.15) is 5.25 Å². The van der Waals surface area contributed by atoms with E-state index in [2.05, 4.69) is 10.2 Å². The topological polar surface area (TPSA) is 64.2 Å². The summed E-state index contributed by atoms with van der Waals surface area (Å²) in [4.78, 5) is 15.4. The highest BCUT2D eigenvalue weighted by Crippen LogP contribution is 2.39. The van der Waals surface area contributed by atoms with Crippen molar-refractivity contribution in [1.82, 2.24) is 19.7 Å². The summed E-state index contributed by atoms with van der Waals surface area (Å²) in [5.41, 5.74) is 1.88. The number of amides is 1. The molecule has 0 aliphatic carbocycles. The van der Waals surface area contributed by atoms with Crippen molar-refractivity contribution in [2.75, 3.05) is 13.1 Å². The van der Waals surface area contributed by atoms with Crippen LogP contribution in [0.1, 0.15) is 23.7 Å². The summed E-state index contributed by atoms with van der Waals surface area (Å²) in [5, 5.41) is 9.14. The van der Waals surface area contributed by atoms with Crippen LogP contribution in [0, 0.1) is 0 Å². The molecule has 31 heavy (non-hydrogen) atoms. The molecule has 5 rings (SSSR count). The van der Waals surface area contributed by atoms with Gasteiger partial charge >= 0.3 is 0 Å². The zero-order chi connectivity index (χ0) is 21.0. The summed E-state index contributed by atoms with van der Waals surface area (Å²) in [6, 6.07) is 23.5. The van der Waals surface area contributed by atoms with Crippen molar-refractivity contribution in [2.45, 2.75) is 23.2 Å². The lowest BCUT2D eigenvalue weighted by Crippen LogP contribution is -2.31. The minimum atomic E-state index is -0.393. The molecule has 0 saturated carbocycles. The highest BCUT2D eigenvalue weighted by atomic mass is 32.2. The van der Waals surface area contributed by atoms with E-state index in [1.165, 1.54) is 11.8 Å². The van der Waals surface area contributed by atoms with Crippen molar-refractivity contribution in [3.8, 4) is 17.3 Å². The fraction of sp³-hybridized carbons (Fsp3) is 0.208. The maximum atomic E-state index is 13.5. The van der Waals surface area contributed by atoms with Gasteiger partial charge in [-0.25, -0.2) is 0 Å². The van der Waals surface area contributed by atoms with Gasteiger partial charge in [0.15, 0.2) is 10.9 Å². The molecule has 1 atom stereocenters. The summed E-state index contributed by atoms with van der Waals surface area (Å²) in [5.74, 6) is 1.36. The van der Waals surface area contributed by atoms with Crippen molar-refractivity contribution in [1.29, 1.82) is 0 Å². The minimum absolute atomic E-state index is 0.121. The summed E-state index contributed by atoms with van der Waals surface area (Å²) < 4.78 is 7.56. The number of carbonyl (C=O) groups is 1. The quantitative estimate of drug-likeness (QED) is 0.404. The van der Waals surface area contributed by atoms with E-state index in [0.717, 1.165) is 37.2 Å². The number of rotatable bonds is 6. The second-order valence-electron chi connectivity index (χ2n) is 7.40. The highest BCUT2D eigenvalue weighted by molar-refractivity contribution is 8.00. The van der Waals surface area contributed by atoms with Crippen LogP contribution in [0.2, 0.25) is 0 Å². The van der Waals surface area contributed by atoms with Gasteiger partial charge in [-0.1, -0.05) is 60.3 Å².